The van der Waals surface area contributed by atoms with Crippen LogP contribution in [0.5, 0.6) is 0 Å². The summed E-state index contributed by atoms with van der Waals surface area (Å²) in [6.45, 7) is 4.05. The molecule has 0 saturated heterocycles. The van der Waals surface area contributed by atoms with Crippen molar-refractivity contribution in [1.82, 2.24) is 20.3 Å². The highest BCUT2D eigenvalue weighted by atomic mass is 31.2. The van der Waals surface area contributed by atoms with Crippen LogP contribution in [0.3, 0.4) is 0 Å². The molecule has 1 aromatic carbocycles. The Labute approximate surface area is 168 Å². The van der Waals surface area contributed by atoms with Crippen LogP contribution in [-0.4, -0.2) is 32.4 Å². The molecule has 3 rings (SSSR count). The van der Waals surface area contributed by atoms with Gasteiger partial charge in [-0.1, -0.05) is 18.2 Å². The Morgan fingerprint density at radius 1 is 1.24 bits per heavy atom. The van der Waals surface area contributed by atoms with E-state index in [0.717, 1.165) is 5.56 Å². The van der Waals surface area contributed by atoms with Gasteiger partial charge in [-0.3, -0.25) is 14.6 Å². The van der Waals surface area contributed by atoms with Gasteiger partial charge in [-0.15, -0.1) is 0 Å². The van der Waals surface area contributed by atoms with Crippen LogP contribution in [0.2, 0.25) is 0 Å². The fourth-order valence-electron chi connectivity index (χ4n) is 2.63. The van der Waals surface area contributed by atoms with Gasteiger partial charge in [-0.25, -0.2) is 4.98 Å². The van der Waals surface area contributed by atoms with Crippen LogP contribution in [0, 0.1) is 0 Å². The van der Waals surface area contributed by atoms with Crippen molar-refractivity contribution < 1.29 is 14.2 Å². The third-order valence-electron chi connectivity index (χ3n) is 4.16. The average molecular weight is 412 g/mol. The van der Waals surface area contributed by atoms with Gasteiger partial charge in [0.2, 0.25) is 8.38 Å². The summed E-state index contributed by atoms with van der Waals surface area (Å²) in [5.74, 6) is -0.229. The number of aromatic amines is 1. The number of carbonyl (C=O) groups is 1. The molecule has 0 saturated carbocycles. The normalized spacial score (nSPS) is 12.9. The van der Waals surface area contributed by atoms with E-state index in [9.17, 15) is 14.5 Å². The van der Waals surface area contributed by atoms with Gasteiger partial charge in [0.15, 0.2) is 5.82 Å². The summed E-state index contributed by atoms with van der Waals surface area (Å²) in [5.41, 5.74) is 0.726. The number of nitrogens with one attached hydrogen (secondary N) is 2. The number of benzene rings is 1. The lowest BCUT2D eigenvalue weighted by atomic mass is 10.1. The largest absolute Gasteiger partial charge is 0.346 e. The fraction of sp³-hybridized carbons (Fsp3) is 0.200. The molecule has 0 bridgehead atoms. The van der Waals surface area contributed by atoms with Gasteiger partial charge in [-0.05, 0) is 43.7 Å². The summed E-state index contributed by atoms with van der Waals surface area (Å²) in [6.07, 6.45) is 2.84. The van der Waals surface area contributed by atoms with Gasteiger partial charge < -0.3 is 19.7 Å². The maximum atomic E-state index is 12.5. The molecule has 0 spiro atoms. The lowest BCUT2D eigenvalue weighted by Crippen LogP contribution is -2.32. The molecule has 9 heteroatoms. The van der Waals surface area contributed by atoms with E-state index in [4.69, 9.17) is 4.52 Å². The van der Waals surface area contributed by atoms with Gasteiger partial charge in [0.25, 0.3) is 11.5 Å². The van der Waals surface area contributed by atoms with Crippen LogP contribution in [0.15, 0.2) is 59.7 Å². The highest BCUT2D eigenvalue weighted by molar-refractivity contribution is 7.55. The molecule has 1 amide bonds. The second-order valence-electron chi connectivity index (χ2n) is 6.17. The first-order chi connectivity index (χ1) is 14.0. The molecule has 150 valence electrons. The smallest absolute Gasteiger partial charge is 0.264 e. The number of amides is 1. The molecule has 0 aliphatic heterocycles. The van der Waals surface area contributed by atoms with E-state index in [1.807, 2.05) is 6.92 Å². The van der Waals surface area contributed by atoms with Crippen molar-refractivity contribution in [2.45, 2.75) is 19.9 Å². The number of aromatic nitrogens is 3. The van der Waals surface area contributed by atoms with Crippen LogP contribution in [0.4, 0.5) is 0 Å². The Hall–Kier alpha value is -2.93. The molecule has 2 atom stereocenters. The van der Waals surface area contributed by atoms with E-state index >= 15 is 0 Å². The Kier molecular flexibility index (Phi) is 6.82. The van der Waals surface area contributed by atoms with Gasteiger partial charge in [0.1, 0.15) is 11.3 Å². The minimum absolute atomic E-state index is 0.0802. The lowest BCUT2D eigenvalue weighted by Gasteiger charge is -2.15. The zero-order chi connectivity index (χ0) is 20.8. The van der Waals surface area contributed by atoms with Crippen molar-refractivity contribution in [3.63, 3.8) is 0 Å². The first kappa shape index (κ1) is 20.8. The standard InChI is InChI=1S/C20H21N4O4P/c1-3-28-29(27)15-9-7-14(8-10-15)13(2)23-19(25)16-12-22-18(24-20(16)26)17-6-4-5-11-21-17/h4-13,27H,3H2,1-2H3,(H,23,25)(H,22,24,26). The maximum absolute atomic E-state index is 12.5. The fourth-order valence-corrected chi connectivity index (χ4v) is 3.43. The first-order valence-corrected chi connectivity index (χ1v) is 10.2. The van der Waals surface area contributed by atoms with Gasteiger partial charge >= 0.3 is 0 Å². The molecule has 0 aliphatic rings. The summed E-state index contributed by atoms with van der Waals surface area (Å²) in [6, 6.07) is 12.0. The lowest BCUT2D eigenvalue weighted by molar-refractivity contribution is 0.0938. The highest BCUT2D eigenvalue weighted by Crippen LogP contribution is 2.30. The monoisotopic (exact) mass is 412 g/mol. The number of pyridine rings is 1. The number of hydrogen-bond donors (Lipinski definition) is 3. The van der Waals surface area contributed by atoms with E-state index in [2.05, 4.69) is 20.3 Å². The quantitative estimate of drug-likeness (QED) is 0.513. The molecule has 0 aliphatic carbocycles. The Morgan fingerprint density at radius 3 is 2.62 bits per heavy atom. The van der Waals surface area contributed by atoms with Crippen LogP contribution in [0.1, 0.15) is 35.8 Å². The zero-order valence-corrected chi connectivity index (χ0v) is 16.9. The second kappa shape index (κ2) is 9.52. The van der Waals surface area contributed by atoms with Crippen molar-refractivity contribution in [2.24, 2.45) is 0 Å². The third kappa shape index (κ3) is 5.12. The SMILES string of the molecule is CCOP(O)c1ccc(C(C)NC(=O)c2cnc(-c3ccccn3)[nH]c2=O)cc1. The van der Waals surface area contributed by atoms with Crippen molar-refractivity contribution in [2.75, 3.05) is 6.61 Å². The molecule has 29 heavy (non-hydrogen) atoms. The van der Waals surface area contributed by atoms with Crippen molar-refractivity contribution in [1.29, 1.82) is 0 Å². The van der Waals surface area contributed by atoms with E-state index in [0.29, 0.717) is 23.4 Å². The topological polar surface area (TPSA) is 117 Å². The Bertz CT molecular complexity index is 1020. The van der Waals surface area contributed by atoms with Crippen molar-refractivity contribution >= 4 is 19.6 Å². The van der Waals surface area contributed by atoms with Crippen molar-refractivity contribution in [3.8, 4) is 11.5 Å². The van der Waals surface area contributed by atoms with Gasteiger partial charge in [0, 0.05) is 17.7 Å². The van der Waals surface area contributed by atoms with Crippen LogP contribution < -0.4 is 16.2 Å². The van der Waals surface area contributed by atoms with Gasteiger partial charge in [-0.2, -0.15) is 0 Å². The molecule has 2 unspecified atom stereocenters. The average Bonchev–Trinajstić information content (AvgIpc) is 2.74. The predicted octanol–water partition coefficient (Wildman–Crippen LogP) is 2.29. The molecular formula is C20H21N4O4P. The molecule has 8 nitrogen and oxygen atoms in total. The van der Waals surface area contributed by atoms with E-state index in [1.54, 1.807) is 55.6 Å². The van der Waals surface area contributed by atoms with Crippen LogP contribution >= 0.6 is 8.38 Å². The van der Waals surface area contributed by atoms with E-state index in [1.165, 1.54) is 6.20 Å². The second-order valence-corrected chi connectivity index (χ2v) is 7.49. The summed E-state index contributed by atoms with van der Waals surface area (Å²) in [5, 5.41) is 3.47. The highest BCUT2D eigenvalue weighted by Gasteiger charge is 2.17. The third-order valence-corrected chi connectivity index (χ3v) is 5.41. The summed E-state index contributed by atoms with van der Waals surface area (Å²) >= 11 is 0. The molecular weight excluding hydrogens is 391 g/mol. The summed E-state index contributed by atoms with van der Waals surface area (Å²) in [4.78, 5) is 45.6. The van der Waals surface area contributed by atoms with Gasteiger partial charge in [0.05, 0.1) is 12.6 Å². The molecule has 3 aromatic rings. The predicted molar refractivity (Wildman–Crippen MR) is 111 cm³/mol. The van der Waals surface area contributed by atoms with E-state index in [-0.39, 0.29) is 11.6 Å². The minimum atomic E-state index is -1.63. The molecule has 0 radical (unpaired) electrons. The number of rotatable bonds is 7. The number of nitrogens with zero attached hydrogens (tertiary/aromatic N) is 2. The number of carbonyl (C=O) groups excluding carboxylic acids is 1. The Balaban J connectivity index is 1.70. The first-order valence-electron chi connectivity index (χ1n) is 9.03. The Morgan fingerprint density at radius 2 is 2.00 bits per heavy atom. The molecule has 2 heterocycles. The number of H-pyrrole nitrogens is 1. The zero-order valence-electron chi connectivity index (χ0n) is 16.0. The molecule has 3 N–H and O–H groups in total. The maximum Gasteiger partial charge on any atom is 0.264 e. The van der Waals surface area contributed by atoms with E-state index < -0.39 is 19.8 Å². The summed E-state index contributed by atoms with van der Waals surface area (Å²) < 4.78 is 5.21. The van der Waals surface area contributed by atoms with Crippen molar-refractivity contribution in [3.05, 3.63) is 76.3 Å². The minimum Gasteiger partial charge on any atom is -0.346 e. The number of hydrogen-bond acceptors (Lipinski definition) is 6. The van der Waals surface area contributed by atoms with Crippen LogP contribution in [-0.2, 0) is 4.52 Å². The summed E-state index contributed by atoms with van der Waals surface area (Å²) in [7, 11) is -1.63. The molecule has 0 fully saturated rings. The van der Waals surface area contributed by atoms with Crippen LogP contribution in [0.25, 0.3) is 11.5 Å². The molecule has 2 aromatic heterocycles.